The van der Waals surface area contributed by atoms with E-state index in [1.165, 1.54) is 6.07 Å². The first kappa shape index (κ1) is 14.3. The first-order chi connectivity index (χ1) is 10.0. The molecular weight excluding hydrogens is 272 g/mol. The average molecular weight is 290 g/mol. The highest BCUT2D eigenvalue weighted by Crippen LogP contribution is 2.22. The molecule has 0 bridgehead atoms. The van der Waals surface area contributed by atoms with Crippen LogP contribution in [0, 0.1) is 0 Å². The molecule has 112 valence electrons. The molecule has 1 aromatic carbocycles. The average Bonchev–Trinajstić information content (AvgIpc) is 2.78. The standard InChI is InChI=1S/C16H18O5/c1-16(2)19-10-13(21-16)9-18-8-11-3-4-12-5-6-15(17)20-14(12)7-11/h3-7,13H,8-10H2,1-2H3. The highest BCUT2D eigenvalue weighted by molar-refractivity contribution is 5.76. The van der Waals surface area contributed by atoms with Gasteiger partial charge in [0.15, 0.2) is 5.79 Å². The van der Waals surface area contributed by atoms with E-state index >= 15 is 0 Å². The van der Waals surface area contributed by atoms with Crippen molar-refractivity contribution in [3.8, 4) is 0 Å². The van der Waals surface area contributed by atoms with Crippen LogP contribution in [0.25, 0.3) is 11.0 Å². The topological polar surface area (TPSA) is 57.9 Å². The lowest BCUT2D eigenvalue weighted by molar-refractivity contribution is -0.145. The van der Waals surface area contributed by atoms with Crippen LogP contribution in [0.15, 0.2) is 39.5 Å². The number of ether oxygens (including phenoxy) is 3. The minimum absolute atomic E-state index is 0.0432. The van der Waals surface area contributed by atoms with E-state index in [2.05, 4.69) is 0 Å². The molecule has 1 aliphatic rings. The fraction of sp³-hybridized carbons (Fsp3) is 0.438. The summed E-state index contributed by atoms with van der Waals surface area (Å²) in [6.45, 7) is 5.23. The molecule has 1 aliphatic heterocycles. The van der Waals surface area contributed by atoms with Crippen LogP contribution >= 0.6 is 0 Å². The Morgan fingerprint density at radius 3 is 2.86 bits per heavy atom. The van der Waals surface area contributed by atoms with Gasteiger partial charge in [-0.05, 0) is 31.5 Å². The summed E-state index contributed by atoms with van der Waals surface area (Å²) in [6.07, 6.45) is -0.0432. The molecule has 0 radical (unpaired) electrons. The lowest BCUT2D eigenvalue weighted by Crippen LogP contribution is -2.24. The Labute approximate surface area is 122 Å². The van der Waals surface area contributed by atoms with Gasteiger partial charge in [-0.15, -0.1) is 0 Å². The van der Waals surface area contributed by atoms with E-state index in [1.807, 2.05) is 32.0 Å². The second kappa shape index (κ2) is 5.60. The molecule has 5 heteroatoms. The second-order valence-corrected chi connectivity index (χ2v) is 5.59. The molecule has 0 aliphatic carbocycles. The highest BCUT2D eigenvalue weighted by atomic mass is 16.7. The Balaban J connectivity index is 1.59. The minimum Gasteiger partial charge on any atom is -0.423 e. The maximum Gasteiger partial charge on any atom is 0.336 e. The summed E-state index contributed by atoms with van der Waals surface area (Å²) >= 11 is 0. The molecule has 21 heavy (non-hydrogen) atoms. The zero-order valence-corrected chi connectivity index (χ0v) is 12.1. The quantitative estimate of drug-likeness (QED) is 0.810. The number of fused-ring (bicyclic) bond motifs is 1. The smallest absolute Gasteiger partial charge is 0.336 e. The van der Waals surface area contributed by atoms with Crippen molar-refractivity contribution in [3.63, 3.8) is 0 Å². The molecule has 2 heterocycles. The van der Waals surface area contributed by atoms with Crippen molar-refractivity contribution in [2.75, 3.05) is 13.2 Å². The van der Waals surface area contributed by atoms with Crippen LogP contribution in [-0.2, 0) is 20.8 Å². The zero-order chi connectivity index (χ0) is 14.9. The van der Waals surface area contributed by atoms with Crippen LogP contribution in [0.4, 0.5) is 0 Å². The first-order valence-electron chi connectivity index (χ1n) is 6.94. The Kier molecular flexibility index (Phi) is 3.80. The van der Waals surface area contributed by atoms with Crippen LogP contribution in [0.1, 0.15) is 19.4 Å². The van der Waals surface area contributed by atoms with Crippen LogP contribution in [0.3, 0.4) is 0 Å². The molecule has 1 aromatic heterocycles. The molecule has 1 saturated heterocycles. The SMILES string of the molecule is CC1(C)OCC(COCc2ccc3ccc(=O)oc3c2)O1. The molecule has 1 atom stereocenters. The van der Waals surface area contributed by atoms with E-state index in [9.17, 15) is 4.79 Å². The van der Waals surface area contributed by atoms with Gasteiger partial charge >= 0.3 is 5.63 Å². The summed E-state index contributed by atoms with van der Waals surface area (Å²) in [5, 5.41) is 0.896. The molecule has 0 amide bonds. The van der Waals surface area contributed by atoms with Gasteiger partial charge < -0.3 is 18.6 Å². The van der Waals surface area contributed by atoms with Gasteiger partial charge in [0.25, 0.3) is 0 Å². The van der Waals surface area contributed by atoms with E-state index in [0.29, 0.717) is 25.4 Å². The third kappa shape index (κ3) is 3.50. The van der Waals surface area contributed by atoms with Crippen molar-refractivity contribution in [3.05, 3.63) is 46.3 Å². The maximum atomic E-state index is 11.2. The fourth-order valence-electron chi connectivity index (χ4n) is 2.35. The van der Waals surface area contributed by atoms with Gasteiger partial charge in [-0.2, -0.15) is 0 Å². The van der Waals surface area contributed by atoms with Gasteiger partial charge in [-0.3, -0.25) is 0 Å². The van der Waals surface area contributed by atoms with Crippen molar-refractivity contribution in [2.24, 2.45) is 0 Å². The number of rotatable bonds is 4. The Morgan fingerprint density at radius 2 is 2.10 bits per heavy atom. The third-order valence-electron chi connectivity index (χ3n) is 3.33. The summed E-state index contributed by atoms with van der Waals surface area (Å²) in [4.78, 5) is 11.2. The molecule has 1 unspecified atom stereocenters. The molecular formula is C16H18O5. The van der Waals surface area contributed by atoms with Gasteiger partial charge in [-0.1, -0.05) is 12.1 Å². The van der Waals surface area contributed by atoms with E-state index in [1.54, 1.807) is 6.07 Å². The van der Waals surface area contributed by atoms with Gasteiger partial charge in [0.2, 0.25) is 0 Å². The third-order valence-corrected chi connectivity index (χ3v) is 3.33. The predicted octanol–water partition coefficient (Wildman–Crippen LogP) is 2.46. The Bertz CT molecular complexity index is 688. The molecule has 5 nitrogen and oxygen atoms in total. The van der Waals surface area contributed by atoms with E-state index in [-0.39, 0.29) is 11.7 Å². The summed E-state index contributed by atoms with van der Waals surface area (Å²) < 4.78 is 21.9. The lowest BCUT2D eigenvalue weighted by Gasteiger charge is -2.17. The molecule has 0 saturated carbocycles. The number of benzene rings is 1. The van der Waals surface area contributed by atoms with E-state index < -0.39 is 5.79 Å². The zero-order valence-electron chi connectivity index (χ0n) is 12.1. The van der Waals surface area contributed by atoms with Crippen LogP contribution in [0.5, 0.6) is 0 Å². The predicted molar refractivity (Wildman–Crippen MR) is 77.0 cm³/mol. The van der Waals surface area contributed by atoms with E-state index in [4.69, 9.17) is 18.6 Å². The largest absolute Gasteiger partial charge is 0.423 e. The number of hydrogen-bond acceptors (Lipinski definition) is 5. The highest BCUT2D eigenvalue weighted by Gasteiger charge is 2.32. The second-order valence-electron chi connectivity index (χ2n) is 5.59. The maximum absolute atomic E-state index is 11.2. The lowest BCUT2D eigenvalue weighted by atomic mass is 10.1. The van der Waals surface area contributed by atoms with Gasteiger partial charge in [-0.25, -0.2) is 4.79 Å². The summed E-state index contributed by atoms with van der Waals surface area (Å²) in [6, 6.07) is 8.86. The van der Waals surface area contributed by atoms with Crippen molar-refractivity contribution < 1.29 is 18.6 Å². The summed E-state index contributed by atoms with van der Waals surface area (Å²) in [5.41, 5.74) is 1.18. The monoisotopic (exact) mass is 290 g/mol. The van der Waals surface area contributed by atoms with E-state index in [0.717, 1.165) is 10.9 Å². The van der Waals surface area contributed by atoms with Crippen molar-refractivity contribution in [1.29, 1.82) is 0 Å². The minimum atomic E-state index is -0.527. The normalized spacial score (nSPS) is 21.0. The van der Waals surface area contributed by atoms with Crippen molar-refractivity contribution in [1.82, 2.24) is 0 Å². The van der Waals surface area contributed by atoms with Gasteiger partial charge in [0.05, 0.1) is 19.8 Å². The molecule has 0 spiro atoms. The van der Waals surface area contributed by atoms with Crippen LogP contribution in [0.2, 0.25) is 0 Å². The fourth-order valence-corrected chi connectivity index (χ4v) is 2.35. The first-order valence-corrected chi connectivity index (χ1v) is 6.94. The van der Waals surface area contributed by atoms with Crippen molar-refractivity contribution in [2.45, 2.75) is 32.3 Å². The molecule has 3 rings (SSSR count). The molecule has 1 fully saturated rings. The number of hydrogen-bond donors (Lipinski definition) is 0. The summed E-state index contributed by atoms with van der Waals surface area (Å²) in [7, 11) is 0. The van der Waals surface area contributed by atoms with Gasteiger partial charge in [0.1, 0.15) is 11.7 Å². The molecule has 2 aromatic rings. The summed E-state index contributed by atoms with van der Waals surface area (Å²) in [5.74, 6) is -0.527. The van der Waals surface area contributed by atoms with Crippen molar-refractivity contribution >= 4 is 11.0 Å². The van der Waals surface area contributed by atoms with Gasteiger partial charge in [0, 0.05) is 11.5 Å². The Morgan fingerprint density at radius 1 is 1.29 bits per heavy atom. The van der Waals surface area contributed by atoms with Crippen LogP contribution in [-0.4, -0.2) is 25.1 Å². The Hall–Kier alpha value is -1.69. The molecule has 0 N–H and O–H groups in total. The van der Waals surface area contributed by atoms with Crippen LogP contribution < -0.4 is 5.63 Å².